The van der Waals surface area contributed by atoms with Crippen LogP contribution in [0.1, 0.15) is 17.3 Å². The lowest BCUT2D eigenvalue weighted by Crippen LogP contribution is -2.21. The molecule has 0 N–H and O–H groups in total. The van der Waals surface area contributed by atoms with Crippen LogP contribution in [-0.2, 0) is 4.74 Å². The number of carbonyl (C=O) groups excluding carboxylic acids is 1. The van der Waals surface area contributed by atoms with E-state index < -0.39 is 23.0 Å². The molecule has 0 bridgehead atoms. The summed E-state index contributed by atoms with van der Waals surface area (Å²) in [6.45, 7) is 1.71. The second-order valence-electron chi connectivity index (χ2n) is 6.28. The van der Waals surface area contributed by atoms with Crippen LogP contribution in [0.4, 0.5) is 8.78 Å². The summed E-state index contributed by atoms with van der Waals surface area (Å²) in [4.78, 5) is 25.0. The van der Waals surface area contributed by atoms with Crippen LogP contribution in [0.3, 0.4) is 0 Å². The van der Waals surface area contributed by atoms with Crippen LogP contribution in [0, 0.1) is 11.6 Å². The maximum atomic E-state index is 13.9. The summed E-state index contributed by atoms with van der Waals surface area (Å²) in [5.41, 5.74) is -0.189. The summed E-state index contributed by atoms with van der Waals surface area (Å²) in [7, 11) is 0. The number of halogens is 2. The van der Waals surface area contributed by atoms with Crippen molar-refractivity contribution in [3.8, 4) is 5.69 Å². The molecule has 28 heavy (non-hydrogen) atoms. The van der Waals surface area contributed by atoms with Crippen LogP contribution in [0.25, 0.3) is 27.4 Å². The normalized spacial score (nSPS) is 11.1. The summed E-state index contributed by atoms with van der Waals surface area (Å²) in [6.07, 6.45) is 1.31. The summed E-state index contributed by atoms with van der Waals surface area (Å²) < 4.78 is 34.2. The Kier molecular flexibility index (Phi) is 4.39. The molecule has 4 aromatic rings. The van der Waals surface area contributed by atoms with E-state index in [0.717, 1.165) is 22.9 Å². The van der Waals surface area contributed by atoms with Crippen molar-refractivity contribution in [2.75, 3.05) is 6.61 Å². The Morgan fingerprint density at radius 2 is 1.71 bits per heavy atom. The number of nitrogens with zero attached hydrogens (tertiary/aromatic N) is 1. The molecule has 0 saturated heterocycles. The minimum absolute atomic E-state index is 0.0874. The first-order valence-corrected chi connectivity index (χ1v) is 8.70. The van der Waals surface area contributed by atoms with Crippen molar-refractivity contribution in [1.29, 1.82) is 0 Å². The minimum atomic E-state index is -1.16. The van der Waals surface area contributed by atoms with E-state index in [9.17, 15) is 18.4 Å². The molecule has 0 aliphatic carbocycles. The molecule has 0 radical (unpaired) electrons. The molecule has 4 nitrogen and oxygen atoms in total. The summed E-state index contributed by atoms with van der Waals surface area (Å²) in [6, 6.07) is 14.9. The predicted molar refractivity (Wildman–Crippen MR) is 103 cm³/mol. The molecule has 1 heterocycles. The first kappa shape index (κ1) is 17.9. The van der Waals surface area contributed by atoms with Crippen LogP contribution in [0.5, 0.6) is 0 Å². The Hall–Kier alpha value is -3.54. The van der Waals surface area contributed by atoms with E-state index >= 15 is 0 Å². The highest BCUT2D eigenvalue weighted by Gasteiger charge is 2.19. The second-order valence-corrected chi connectivity index (χ2v) is 6.28. The van der Waals surface area contributed by atoms with Crippen LogP contribution < -0.4 is 5.43 Å². The number of esters is 1. The highest BCUT2D eigenvalue weighted by Crippen LogP contribution is 2.24. The number of hydrogen-bond acceptors (Lipinski definition) is 3. The summed E-state index contributed by atoms with van der Waals surface area (Å²) in [5.74, 6) is -3.05. The zero-order valence-electron chi connectivity index (χ0n) is 14.9. The Morgan fingerprint density at radius 1 is 1.00 bits per heavy atom. The molecule has 0 amide bonds. The van der Waals surface area contributed by atoms with Gasteiger partial charge >= 0.3 is 5.97 Å². The third-order valence-corrected chi connectivity index (χ3v) is 4.55. The molecule has 4 rings (SSSR count). The van der Waals surface area contributed by atoms with Gasteiger partial charge in [0.15, 0.2) is 11.6 Å². The Labute approximate surface area is 158 Å². The number of ether oxygens (including phenoxy) is 1. The maximum absolute atomic E-state index is 13.9. The van der Waals surface area contributed by atoms with Crippen molar-refractivity contribution in [3.63, 3.8) is 0 Å². The third-order valence-electron chi connectivity index (χ3n) is 4.55. The lowest BCUT2D eigenvalue weighted by molar-refractivity contribution is 0.0524. The average Bonchev–Trinajstić information content (AvgIpc) is 2.69. The molecule has 0 unspecified atom stereocenters. The molecule has 6 heteroatoms. The van der Waals surface area contributed by atoms with Gasteiger partial charge in [0, 0.05) is 18.0 Å². The van der Waals surface area contributed by atoms with Crippen molar-refractivity contribution < 1.29 is 18.3 Å². The lowest BCUT2D eigenvalue weighted by Gasteiger charge is -2.14. The molecule has 0 atom stereocenters. The fraction of sp³-hybridized carbons (Fsp3) is 0.0909. The molecular formula is C22H15F2NO3. The fourth-order valence-corrected chi connectivity index (χ4v) is 3.21. The molecular weight excluding hydrogens is 364 g/mol. The van der Waals surface area contributed by atoms with Gasteiger partial charge in [0.25, 0.3) is 0 Å². The lowest BCUT2D eigenvalue weighted by atomic mass is 10.1. The number of pyridine rings is 1. The third kappa shape index (κ3) is 2.93. The average molecular weight is 379 g/mol. The van der Waals surface area contributed by atoms with Crippen LogP contribution in [0.15, 0.2) is 65.6 Å². The molecule has 0 aliphatic heterocycles. The van der Waals surface area contributed by atoms with Gasteiger partial charge in [-0.1, -0.05) is 30.3 Å². The van der Waals surface area contributed by atoms with E-state index in [-0.39, 0.29) is 23.1 Å². The summed E-state index contributed by atoms with van der Waals surface area (Å²) in [5, 5.41) is 1.82. The number of rotatable bonds is 3. The van der Waals surface area contributed by atoms with Crippen molar-refractivity contribution in [2.24, 2.45) is 0 Å². The van der Waals surface area contributed by atoms with E-state index in [1.165, 1.54) is 10.8 Å². The van der Waals surface area contributed by atoms with Crippen LogP contribution >= 0.6 is 0 Å². The number of hydrogen-bond donors (Lipinski definition) is 0. The Morgan fingerprint density at radius 3 is 2.46 bits per heavy atom. The molecule has 0 aliphatic rings. The topological polar surface area (TPSA) is 48.3 Å². The van der Waals surface area contributed by atoms with E-state index in [1.54, 1.807) is 13.0 Å². The standard InChI is InChI=1S/C22H15F2NO3/c1-2-28-22(27)17-12-25(15-8-7-13-5-3-4-6-14(13)9-15)20-11-19(24)18(23)10-16(20)21(17)26/h3-12H,2H2,1H3. The number of carbonyl (C=O) groups is 1. The largest absolute Gasteiger partial charge is 0.462 e. The van der Waals surface area contributed by atoms with Gasteiger partial charge in [0.1, 0.15) is 5.56 Å². The Balaban J connectivity index is 2.07. The van der Waals surface area contributed by atoms with Crippen molar-refractivity contribution >= 4 is 27.6 Å². The molecule has 3 aromatic carbocycles. The van der Waals surface area contributed by atoms with Crippen LogP contribution in [0.2, 0.25) is 0 Å². The number of benzene rings is 3. The zero-order chi connectivity index (χ0) is 19.8. The predicted octanol–water partition coefficient (Wildman–Crippen LogP) is 4.60. The van der Waals surface area contributed by atoms with Gasteiger partial charge in [-0.15, -0.1) is 0 Å². The van der Waals surface area contributed by atoms with Gasteiger partial charge < -0.3 is 9.30 Å². The molecule has 0 fully saturated rings. The van der Waals surface area contributed by atoms with Gasteiger partial charge in [-0.2, -0.15) is 0 Å². The van der Waals surface area contributed by atoms with Crippen molar-refractivity contribution in [1.82, 2.24) is 4.57 Å². The monoisotopic (exact) mass is 379 g/mol. The van der Waals surface area contributed by atoms with Gasteiger partial charge in [-0.05, 0) is 35.9 Å². The van der Waals surface area contributed by atoms with Crippen molar-refractivity contribution in [3.05, 3.63) is 88.2 Å². The molecule has 0 saturated carbocycles. The quantitative estimate of drug-likeness (QED) is 0.489. The fourth-order valence-electron chi connectivity index (χ4n) is 3.21. The number of aromatic nitrogens is 1. The molecule has 0 spiro atoms. The maximum Gasteiger partial charge on any atom is 0.343 e. The zero-order valence-corrected chi connectivity index (χ0v) is 14.9. The van der Waals surface area contributed by atoms with Gasteiger partial charge in [-0.3, -0.25) is 4.79 Å². The minimum Gasteiger partial charge on any atom is -0.462 e. The van der Waals surface area contributed by atoms with Gasteiger partial charge in [-0.25, -0.2) is 13.6 Å². The highest BCUT2D eigenvalue weighted by atomic mass is 19.2. The Bertz CT molecular complexity index is 1290. The smallest absolute Gasteiger partial charge is 0.343 e. The first-order chi connectivity index (χ1) is 13.5. The second kappa shape index (κ2) is 6.88. The molecule has 140 valence electrons. The molecule has 1 aromatic heterocycles. The van der Waals surface area contributed by atoms with Gasteiger partial charge in [0.2, 0.25) is 5.43 Å². The van der Waals surface area contributed by atoms with E-state index in [1.807, 2.05) is 36.4 Å². The summed E-state index contributed by atoms with van der Waals surface area (Å²) >= 11 is 0. The van der Waals surface area contributed by atoms with E-state index in [4.69, 9.17) is 4.74 Å². The van der Waals surface area contributed by atoms with Crippen LogP contribution in [-0.4, -0.2) is 17.1 Å². The SMILES string of the molecule is CCOC(=O)c1cn(-c2ccc3ccccc3c2)c2cc(F)c(F)cc2c1=O. The van der Waals surface area contributed by atoms with Crippen molar-refractivity contribution in [2.45, 2.75) is 6.92 Å². The number of fused-ring (bicyclic) bond motifs is 2. The van der Waals surface area contributed by atoms with E-state index in [0.29, 0.717) is 5.69 Å². The first-order valence-electron chi connectivity index (χ1n) is 8.70. The van der Waals surface area contributed by atoms with Gasteiger partial charge in [0.05, 0.1) is 17.5 Å². The van der Waals surface area contributed by atoms with E-state index in [2.05, 4.69) is 0 Å². The highest BCUT2D eigenvalue weighted by molar-refractivity contribution is 5.95.